The number of rotatable bonds is 3. The molecule has 0 bridgehead atoms. The number of fused-ring (bicyclic) bond motifs is 1. The van der Waals surface area contributed by atoms with E-state index in [2.05, 4.69) is 35.0 Å². The molecule has 2 heteroatoms. The fourth-order valence-electron chi connectivity index (χ4n) is 2.79. The maximum absolute atomic E-state index is 9.92. The number of hydrogen-bond acceptors (Lipinski definition) is 1. The summed E-state index contributed by atoms with van der Waals surface area (Å²) in [5.74, 6) is 0. The predicted octanol–water partition coefficient (Wildman–Crippen LogP) is 3.68. The second-order valence-corrected chi connectivity index (χ2v) is 6.19. The van der Waals surface area contributed by atoms with Crippen molar-refractivity contribution in [2.75, 3.05) is 0 Å². The lowest BCUT2D eigenvalue weighted by Gasteiger charge is -2.28. The zero-order chi connectivity index (χ0) is 12.8. The highest BCUT2D eigenvalue weighted by atomic mass is 16.3. The standard InChI is InChI=1S/C16H21NO/c1-16(2,18)11-12-6-7-13-8-9-17(15(13)10-12)14-4-3-5-14/h6-10,14,18H,3-5,11H2,1-2H3. The highest BCUT2D eigenvalue weighted by molar-refractivity contribution is 5.81. The first-order valence-corrected chi connectivity index (χ1v) is 6.85. The van der Waals surface area contributed by atoms with Crippen molar-refractivity contribution in [1.82, 2.24) is 4.57 Å². The largest absolute Gasteiger partial charge is 0.390 e. The van der Waals surface area contributed by atoms with Crippen LogP contribution in [0.4, 0.5) is 0 Å². The first-order chi connectivity index (χ1) is 8.53. The van der Waals surface area contributed by atoms with Crippen LogP contribution in [0.25, 0.3) is 10.9 Å². The normalized spacial score (nSPS) is 17.1. The van der Waals surface area contributed by atoms with Gasteiger partial charge in [-0.05, 0) is 56.2 Å². The Kier molecular flexibility index (Phi) is 2.70. The number of aromatic nitrogens is 1. The van der Waals surface area contributed by atoms with Crippen LogP contribution >= 0.6 is 0 Å². The lowest BCUT2D eigenvalue weighted by Crippen LogP contribution is -2.21. The van der Waals surface area contributed by atoms with Crippen LogP contribution in [0, 0.1) is 0 Å². The summed E-state index contributed by atoms with van der Waals surface area (Å²) in [5.41, 5.74) is 1.90. The van der Waals surface area contributed by atoms with Crippen molar-refractivity contribution in [3.8, 4) is 0 Å². The van der Waals surface area contributed by atoms with E-state index in [4.69, 9.17) is 0 Å². The zero-order valence-corrected chi connectivity index (χ0v) is 11.2. The van der Waals surface area contributed by atoms with Crippen molar-refractivity contribution in [1.29, 1.82) is 0 Å². The van der Waals surface area contributed by atoms with Gasteiger partial charge in [0.05, 0.1) is 5.60 Å². The molecule has 0 atom stereocenters. The topological polar surface area (TPSA) is 25.2 Å². The van der Waals surface area contributed by atoms with Crippen LogP contribution in [0.5, 0.6) is 0 Å². The lowest BCUT2D eigenvalue weighted by atomic mass is 9.92. The quantitative estimate of drug-likeness (QED) is 0.874. The number of aliphatic hydroxyl groups is 1. The molecule has 18 heavy (non-hydrogen) atoms. The average molecular weight is 243 g/mol. The highest BCUT2D eigenvalue weighted by Gasteiger charge is 2.21. The first kappa shape index (κ1) is 11.8. The maximum atomic E-state index is 9.92. The van der Waals surface area contributed by atoms with Crippen LogP contribution in [-0.4, -0.2) is 15.3 Å². The molecule has 96 valence electrons. The van der Waals surface area contributed by atoms with E-state index in [1.807, 2.05) is 13.8 Å². The Hall–Kier alpha value is -1.28. The fourth-order valence-corrected chi connectivity index (χ4v) is 2.79. The van der Waals surface area contributed by atoms with E-state index in [0.717, 1.165) is 0 Å². The third-order valence-electron chi connectivity index (χ3n) is 3.89. The summed E-state index contributed by atoms with van der Waals surface area (Å²) in [6, 6.07) is 9.43. The molecule has 0 radical (unpaired) electrons. The summed E-state index contributed by atoms with van der Waals surface area (Å²) in [5, 5.41) is 11.2. The first-order valence-electron chi connectivity index (χ1n) is 6.85. The van der Waals surface area contributed by atoms with Crippen molar-refractivity contribution in [3.05, 3.63) is 36.0 Å². The minimum absolute atomic E-state index is 0.637. The Labute approximate surface area is 108 Å². The minimum atomic E-state index is -0.637. The molecule has 3 rings (SSSR count). The van der Waals surface area contributed by atoms with Crippen molar-refractivity contribution in [2.45, 2.75) is 51.2 Å². The molecule has 0 spiro atoms. The molecule has 1 saturated carbocycles. The molecule has 2 aromatic rings. The predicted molar refractivity (Wildman–Crippen MR) is 74.8 cm³/mol. The number of benzene rings is 1. The van der Waals surface area contributed by atoms with Crippen LogP contribution in [0.2, 0.25) is 0 Å². The zero-order valence-electron chi connectivity index (χ0n) is 11.2. The van der Waals surface area contributed by atoms with Gasteiger partial charge in [0.1, 0.15) is 0 Å². The lowest BCUT2D eigenvalue weighted by molar-refractivity contribution is 0.0810. The van der Waals surface area contributed by atoms with Gasteiger partial charge < -0.3 is 9.67 Å². The number of nitrogens with zero attached hydrogens (tertiary/aromatic N) is 1. The highest BCUT2D eigenvalue weighted by Crippen LogP contribution is 2.35. The van der Waals surface area contributed by atoms with Gasteiger partial charge in [-0.2, -0.15) is 0 Å². The summed E-state index contributed by atoms with van der Waals surface area (Å²) in [6.07, 6.45) is 6.88. The maximum Gasteiger partial charge on any atom is 0.0631 e. The molecule has 1 fully saturated rings. The molecular formula is C16H21NO. The molecule has 1 aliphatic carbocycles. The molecule has 0 saturated heterocycles. The molecule has 1 aromatic carbocycles. The molecule has 0 aliphatic heterocycles. The third-order valence-corrected chi connectivity index (χ3v) is 3.89. The molecular weight excluding hydrogens is 222 g/mol. The van der Waals surface area contributed by atoms with E-state index in [9.17, 15) is 5.11 Å². The minimum Gasteiger partial charge on any atom is -0.390 e. The summed E-state index contributed by atoms with van der Waals surface area (Å²) in [6.45, 7) is 3.73. The second kappa shape index (κ2) is 4.13. The monoisotopic (exact) mass is 243 g/mol. The van der Waals surface area contributed by atoms with Gasteiger partial charge in [0, 0.05) is 24.2 Å². The van der Waals surface area contributed by atoms with Crippen LogP contribution in [0.3, 0.4) is 0 Å². The average Bonchev–Trinajstić information content (AvgIpc) is 2.57. The molecule has 1 aliphatic rings. The summed E-state index contributed by atoms with van der Waals surface area (Å²) in [4.78, 5) is 0. The third kappa shape index (κ3) is 2.17. The number of hydrogen-bond donors (Lipinski definition) is 1. The Morgan fingerprint density at radius 2 is 2.06 bits per heavy atom. The summed E-state index contributed by atoms with van der Waals surface area (Å²) >= 11 is 0. The molecule has 1 N–H and O–H groups in total. The SMILES string of the molecule is CC(C)(O)Cc1ccc2ccn(C3CCC3)c2c1. The van der Waals surface area contributed by atoms with Crippen LogP contribution in [0.1, 0.15) is 44.7 Å². The van der Waals surface area contributed by atoms with E-state index >= 15 is 0 Å². The molecule has 1 aromatic heterocycles. The van der Waals surface area contributed by atoms with Gasteiger partial charge in [0.25, 0.3) is 0 Å². The van der Waals surface area contributed by atoms with Crippen molar-refractivity contribution >= 4 is 10.9 Å². The van der Waals surface area contributed by atoms with Gasteiger partial charge in [0.15, 0.2) is 0 Å². The van der Waals surface area contributed by atoms with Crippen molar-refractivity contribution in [3.63, 3.8) is 0 Å². The van der Waals surface area contributed by atoms with Crippen molar-refractivity contribution in [2.24, 2.45) is 0 Å². The Bertz CT molecular complexity index is 558. The van der Waals surface area contributed by atoms with E-state index < -0.39 is 5.60 Å². The smallest absolute Gasteiger partial charge is 0.0631 e. The van der Waals surface area contributed by atoms with Gasteiger partial charge in [-0.1, -0.05) is 12.1 Å². The van der Waals surface area contributed by atoms with Gasteiger partial charge >= 0.3 is 0 Å². The van der Waals surface area contributed by atoms with E-state index in [-0.39, 0.29) is 0 Å². The second-order valence-electron chi connectivity index (χ2n) is 6.19. The van der Waals surface area contributed by atoms with Crippen LogP contribution in [-0.2, 0) is 6.42 Å². The van der Waals surface area contributed by atoms with Gasteiger partial charge in [-0.15, -0.1) is 0 Å². The molecule has 2 nitrogen and oxygen atoms in total. The van der Waals surface area contributed by atoms with Crippen LogP contribution in [0.15, 0.2) is 30.5 Å². The van der Waals surface area contributed by atoms with E-state index in [1.165, 1.54) is 35.7 Å². The molecule has 0 unspecified atom stereocenters. The fraction of sp³-hybridized carbons (Fsp3) is 0.500. The van der Waals surface area contributed by atoms with Crippen molar-refractivity contribution < 1.29 is 5.11 Å². The molecule has 0 amide bonds. The van der Waals surface area contributed by atoms with Gasteiger partial charge in [0.2, 0.25) is 0 Å². The van der Waals surface area contributed by atoms with Gasteiger partial charge in [-0.3, -0.25) is 0 Å². The van der Waals surface area contributed by atoms with E-state index in [0.29, 0.717) is 12.5 Å². The molecule has 1 heterocycles. The summed E-state index contributed by atoms with van der Waals surface area (Å²) in [7, 11) is 0. The van der Waals surface area contributed by atoms with Crippen LogP contribution < -0.4 is 0 Å². The van der Waals surface area contributed by atoms with Gasteiger partial charge in [-0.25, -0.2) is 0 Å². The Morgan fingerprint density at radius 1 is 1.28 bits per heavy atom. The Morgan fingerprint density at radius 3 is 2.67 bits per heavy atom. The van der Waals surface area contributed by atoms with E-state index in [1.54, 1.807) is 0 Å². The summed E-state index contributed by atoms with van der Waals surface area (Å²) < 4.78 is 2.41. The Balaban J connectivity index is 1.98.